The summed E-state index contributed by atoms with van der Waals surface area (Å²) in [6, 6.07) is 0. The molecule has 1 amide bonds. The summed E-state index contributed by atoms with van der Waals surface area (Å²) in [5, 5.41) is 0. The van der Waals surface area contributed by atoms with Crippen LogP contribution in [0.1, 0.15) is 58.8 Å². The van der Waals surface area contributed by atoms with E-state index in [0.29, 0.717) is 12.5 Å². The summed E-state index contributed by atoms with van der Waals surface area (Å²) in [5.41, 5.74) is 5.68. The molecule has 0 aromatic rings. The molecule has 1 aliphatic rings. The molecule has 2 N–H and O–H groups in total. The lowest BCUT2D eigenvalue weighted by Gasteiger charge is -2.38. The van der Waals surface area contributed by atoms with E-state index in [1.807, 2.05) is 4.90 Å². The number of rotatable bonds is 6. The molecule has 0 atom stereocenters. The van der Waals surface area contributed by atoms with Crippen LogP contribution in [0.15, 0.2) is 0 Å². The van der Waals surface area contributed by atoms with Gasteiger partial charge in [0.15, 0.2) is 0 Å². The topological polar surface area (TPSA) is 46.3 Å². The van der Waals surface area contributed by atoms with Crippen LogP contribution >= 0.6 is 0 Å². The van der Waals surface area contributed by atoms with E-state index in [2.05, 4.69) is 13.8 Å². The molecule has 0 bridgehead atoms. The van der Waals surface area contributed by atoms with Crippen molar-refractivity contribution in [3.8, 4) is 0 Å². The highest BCUT2D eigenvalue weighted by molar-refractivity contribution is 5.83. The van der Waals surface area contributed by atoms with Crippen LogP contribution in [0.5, 0.6) is 0 Å². The van der Waals surface area contributed by atoms with Crippen LogP contribution in [0, 0.1) is 5.41 Å². The number of hydrogen-bond donors (Lipinski definition) is 1. The fourth-order valence-electron chi connectivity index (χ4n) is 2.82. The Morgan fingerprint density at radius 2 is 1.88 bits per heavy atom. The van der Waals surface area contributed by atoms with Crippen LogP contribution in [0.2, 0.25) is 0 Å². The van der Waals surface area contributed by atoms with Crippen molar-refractivity contribution >= 4 is 5.91 Å². The second kappa shape index (κ2) is 7.00. The third-order valence-corrected chi connectivity index (χ3v) is 4.11. The fourth-order valence-corrected chi connectivity index (χ4v) is 2.82. The first-order valence-corrected chi connectivity index (χ1v) is 7.19. The summed E-state index contributed by atoms with van der Waals surface area (Å²) in [6.45, 7) is 6.47. The Morgan fingerprint density at radius 3 is 2.35 bits per heavy atom. The van der Waals surface area contributed by atoms with Crippen LogP contribution in [-0.2, 0) is 4.79 Å². The summed E-state index contributed by atoms with van der Waals surface area (Å²) >= 11 is 0. The molecule has 0 aromatic carbocycles. The number of nitrogens with zero attached hydrogens (tertiary/aromatic N) is 1. The Morgan fingerprint density at radius 1 is 1.24 bits per heavy atom. The van der Waals surface area contributed by atoms with Crippen molar-refractivity contribution in [3.63, 3.8) is 0 Å². The second-order valence-corrected chi connectivity index (χ2v) is 5.28. The fraction of sp³-hybridized carbons (Fsp3) is 0.929. The van der Waals surface area contributed by atoms with E-state index in [9.17, 15) is 4.79 Å². The van der Waals surface area contributed by atoms with Crippen molar-refractivity contribution in [2.75, 3.05) is 19.6 Å². The summed E-state index contributed by atoms with van der Waals surface area (Å²) in [4.78, 5) is 14.6. The lowest BCUT2D eigenvalue weighted by Crippen LogP contribution is -2.49. The van der Waals surface area contributed by atoms with Gasteiger partial charge in [-0.3, -0.25) is 4.79 Å². The van der Waals surface area contributed by atoms with Crippen molar-refractivity contribution in [3.05, 3.63) is 0 Å². The monoisotopic (exact) mass is 240 g/mol. The van der Waals surface area contributed by atoms with Crippen LogP contribution in [0.25, 0.3) is 0 Å². The molecule has 1 rings (SSSR count). The van der Waals surface area contributed by atoms with E-state index in [0.717, 1.165) is 51.6 Å². The molecule has 17 heavy (non-hydrogen) atoms. The van der Waals surface area contributed by atoms with Gasteiger partial charge in [-0.25, -0.2) is 0 Å². The number of amides is 1. The van der Waals surface area contributed by atoms with Crippen molar-refractivity contribution in [2.45, 2.75) is 58.8 Å². The highest BCUT2D eigenvalue weighted by Crippen LogP contribution is 2.37. The zero-order valence-corrected chi connectivity index (χ0v) is 11.5. The molecule has 0 saturated heterocycles. The zero-order chi connectivity index (χ0) is 12.7. The van der Waals surface area contributed by atoms with Gasteiger partial charge < -0.3 is 10.6 Å². The number of unbranched alkanes of at least 4 members (excludes halogenated alkanes) is 1. The molecule has 3 nitrogen and oxygen atoms in total. The van der Waals surface area contributed by atoms with Gasteiger partial charge in [0.05, 0.1) is 5.41 Å². The smallest absolute Gasteiger partial charge is 0.230 e. The van der Waals surface area contributed by atoms with E-state index in [-0.39, 0.29) is 5.41 Å². The molecule has 0 radical (unpaired) electrons. The Kier molecular flexibility index (Phi) is 5.96. The van der Waals surface area contributed by atoms with Crippen LogP contribution in [-0.4, -0.2) is 30.4 Å². The van der Waals surface area contributed by atoms with Gasteiger partial charge in [-0.2, -0.15) is 0 Å². The molecule has 0 spiro atoms. The van der Waals surface area contributed by atoms with Gasteiger partial charge in [-0.15, -0.1) is 0 Å². The van der Waals surface area contributed by atoms with Crippen molar-refractivity contribution in [1.29, 1.82) is 0 Å². The minimum absolute atomic E-state index is 0.234. The predicted molar refractivity (Wildman–Crippen MR) is 71.7 cm³/mol. The van der Waals surface area contributed by atoms with Gasteiger partial charge in [0, 0.05) is 19.6 Å². The SMILES string of the molecule is CCCCN(CC)C(=O)C1(CN)CCCCC1. The highest BCUT2D eigenvalue weighted by Gasteiger charge is 2.40. The normalized spacial score (nSPS) is 19.0. The number of hydrogen-bond acceptors (Lipinski definition) is 2. The number of carbonyl (C=O) groups is 1. The van der Waals surface area contributed by atoms with Crippen LogP contribution in [0.3, 0.4) is 0 Å². The van der Waals surface area contributed by atoms with E-state index in [1.165, 1.54) is 6.42 Å². The second-order valence-electron chi connectivity index (χ2n) is 5.28. The molecule has 3 heteroatoms. The highest BCUT2D eigenvalue weighted by atomic mass is 16.2. The predicted octanol–water partition coefficient (Wildman–Crippen LogP) is 2.54. The van der Waals surface area contributed by atoms with Crippen molar-refractivity contribution in [1.82, 2.24) is 4.90 Å². The van der Waals surface area contributed by atoms with Crippen molar-refractivity contribution < 1.29 is 4.79 Å². The lowest BCUT2D eigenvalue weighted by molar-refractivity contribution is -0.143. The first kappa shape index (κ1) is 14.5. The van der Waals surface area contributed by atoms with Gasteiger partial charge in [0.25, 0.3) is 0 Å². The molecule has 0 aliphatic heterocycles. The van der Waals surface area contributed by atoms with E-state index in [4.69, 9.17) is 5.73 Å². The molecule has 1 fully saturated rings. The van der Waals surface area contributed by atoms with Gasteiger partial charge in [0.2, 0.25) is 5.91 Å². The first-order chi connectivity index (χ1) is 8.20. The van der Waals surface area contributed by atoms with Gasteiger partial charge in [0.1, 0.15) is 0 Å². The molecular weight excluding hydrogens is 212 g/mol. The Hall–Kier alpha value is -0.570. The Balaban J connectivity index is 2.68. The number of carbonyl (C=O) groups excluding carboxylic acids is 1. The van der Waals surface area contributed by atoms with Crippen LogP contribution < -0.4 is 5.73 Å². The first-order valence-electron chi connectivity index (χ1n) is 7.19. The summed E-state index contributed by atoms with van der Waals surface area (Å²) < 4.78 is 0. The van der Waals surface area contributed by atoms with E-state index >= 15 is 0 Å². The van der Waals surface area contributed by atoms with Gasteiger partial charge in [-0.05, 0) is 26.2 Å². The molecule has 0 aromatic heterocycles. The molecule has 1 saturated carbocycles. The summed E-state index contributed by atoms with van der Waals surface area (Å²) in [7, 11) is 0. The van der Waals surface area contributed by atoms with Crippen molar-refractivity contribution in [2.24, 2.45) is 11.1 Å². The summed E-state index contributed by atoms with van der Waals surface area (Å²) in [5.74, 6) is 0.315. The maximum atomic E-state index is 12.6. The largest absolute Gasteiger partial charge is 0.342 e. The third-order valence-electron chi connectivity index (χ3n) is 4.11. The Labute approximate surface area is 106 Å². The van der Waals surface area contributed by atoms with Crippen LogP contribution in [0.4, 0.5) is 0 Å². The molecule has 0 unspecified atom stereocenters. The quantitative estimate of drug-likeness (QED) is 0.775. The molecule has 100 valence electrons. The molecule has 0 heterocycles. The van der Waals surface area contributed by atoms with E-state index < -0.39 is 0 Å². The number of nitrogens with two attached hydrogens (primary N) is 1. The standard InChI is InChI=1S/C14H28N2O/c1-3-5-11-16(4-2)13(17)14(12-15)9-7-6-8-10-14/h3-12,15H2,1-2H3. The maximum Gasteiger partial charge on any atom is 0.230 e. The zero-order valence-electron chi connectivity index (χ0n) is 11.5. The average molecular weight is 240 g/mol. The van der Waals surface area contributed by atoms with Gasteiger partial charge >= 0.3 is 0 Å². The minimum Gasteiger partial charge on any atom is -0.342 e. The minimum atomic E-state index is -0.234. The third kappa shape index (κ3) is 3.44. The van der Waals surface area contributed by atoms with E-state index in [1.54, 1.807) is 0 Å². The maximum absolute atomic E-state index is 12.6. The average Bonchev–Trinajstić information content (AvgIpc) is 2.40. The lowest BCUT2D eigenvalue weighted by atomic mass is 9.73. The Bertz CT molecular complexity index is 234. The molecular formula is C14H28N2O. The van der Waals surface area contributed by atoms with Gasteiger partial charge in [-0.1, -0.05) is 32.6 Å². The molecule has 1 aliphatic carbocycles. The summed E-state index contributed by atoms with van der Waals surface area (Å²) in [6.07, 6.45) is 7.80.